The Kier molecular flexibility index (Phi) is 5.27. The van der Waals surface area contributed by atoms with E-state index in [0.717, 1.165) is 30.8 Å². The van der Waals surface area contributed by atoms with Crippen LogP contribution in [0.15, 0.2) is 18.5 Å². The molecule has 5 heteroatoms. The molecule has 0 atom stereocenters. The molecule has 4 nitrogen and oxygen atoms in total. The van der Waals surface area contributed by atoms with Gasteiger partial charge in [0.1, 0.15) is 0 Å². The summed E-state index contributed by atoms with van der Waals surface area (Å²) in [7, 11) is 0. The van der Waals surface area contributed by atoms with E-state index >= 15 is 0 Å². The second-order valence-electron chi connectivity index (χ2n) is 5.62. The fraction of sp³-hybridized carbons (Fsp3) is 0.500. The number of carbonyl (C=O) groups is 1. The number of hydrogen-bond donors (Lipinski definition) is 1. The molecular formula is C16H21N3OS. The average molecular weight is 303 g/mol. The Morgan fingerprint density at radius 2 is 2.29 bits per heavy atom. The van der Waals surface area contributed by atoms with Crippen molar-refractivity contribution < 1.29 is 4.79 Å². The molecule has 0 bridgehead atoms. The van der Waals surface area contributed by atoms with Crippen LogP contribution in [0.5, 0.6) is 0 Å². The van der Waals surface area contributed by atoms with Gasteiger partial charge in [-0.3, -0.25) is 9.78 Å². The average Bonchev–Trinajstić information content (AvgIpc) is 2.65. The lowest BCUT2D eigenvalue weighted by atomic mass is 10.1. The Morgan fingerprint density at radius 3 is 3.05 bits per heavy atom. The summed E-state index contributed by atoms with van der Waals surface area (Å²) in [6, 6.07) is 1.79. The predicted molar refractivity (Wildman–Crippen MR) is 87.2 cm³/mol. The first-order valence-electron chi connectivity index (χ1n) is 7.09. The van der Waals surface area contributed by atoms with E-state index < -0.39 is 0 Å². The zero-order valence-corrected chi connectivity index (χ0v) is 13.4. The lowest BCUT2D eigenvalue weighted by Crippen LogP contribution is -2.33. The molecule has 112 valence electrons. The highest BCUT2D eigenvalue weighted by molar-refractivity contribution is 8.00. The van der Waals surface area contributed by atoms with E-state index in [0.29, 0.717) is 12.1 Å². The molecule has 1 aromatic heterocycles. The Hall–Kier alpha value is -1.51. The highest BCUT2D eigenvalue weighted by Crippen LogP contribution is 2.31. The van der Waals surface area contributed by atoms with Crippen molar-refractivity contribution in [3.8, 4) is 11.8 Å². The molecule has 0 unspecified atom stereocenters. The van der Waals surface area contributed by atoms with Gasteiger partial charge in [-0.05, 0) is 12.5 Å². The maximum Gasteiger partial charge on any atom is 0.255 e. The van der Waals surface area contributed by atoms with E-state index in [2.05, 4.69) is 30.7 Å². The van der Waals surface area contributed by atoms with Crippen LogP contribution in [0.4, 0.5) is 0 Å². The van der Waals surface area contributed by atoms with Crippen LogP contribution in [-0.4, -0.2) is 45.9 Å². The summed E-state index contributed by atoms with van der Waals surface area (Å²) < 4.78 is 0.238. The molecule has 0 aliphatic carbocycles. The second kappa shape index (κ2) is 6.97. The van der Waals surface area contributed by atoms with E-state index in [9.17, 15) is 4.79 Å². The number of aromatic nitrogens is 1. The van der Waals surface area contributed by atoms with E-state index in [1.165, 1.54) is 0 Å². The normalized spacial score (nSPS) is 17.6. The van der Waals surface area contributed by atoms with Gasteiger partial charge in [0, 0.05) is 41.5 Å². The lowest BCUT2D eigenvalue weighted by molar-refractivity contribution is 0.0764. The van der Waals surface area contributed by atoms with Crippen LogP contribution >= 0.6 is 11.8 Å². The van der Waals surface area contributed by atoms with E-state index in [1.807, 2.05) is 16.7 Å². The lowest BCUT2D eigenvalue weighted by Gasteiger charge is -2.22. The highest BCUT2D eigenvalue weighted by atomic mass is 32.2. The summed E-state index contributed by atoms with van der Waals surface area (Å²) in [6.07, 6.45) is 4.27. The van der Waals surface area contributed by atoms with Crippen molar-refractivity contribution >= 4 is 17.7 Å². The summed E-state index contributed by atoms with van der Waals surface area (Å²) in [5, 5.41) is 0. The molecule has 1 fully saturated rings. The van der Waals surface area contributed by atoms with Gasteiger partial charge in [-0.25, -0.2) is 0 Å². The minimum Gasteiger partial charge on any atom is -0.338 e. The molecule has 2 heterocycles. The predicted octanol–water partition coefficient (Wildman–Crippen LogP) is 1.75. The van der Waals surface area contributed by atoms with Crippen molar-refractivity contribution in [1.82, 2.24) is 9.88 Å². The minimum atomic E-state index is 0.0391. The molecule has 0 spiro atoms. The standard InChI is InChI=1S/C16H21N3OS/c1-16(2)5-7-19(8-9-21-16)15(20)14-10-13(4-3-6-17)11-18-12-14/h10-12H,5-9,17H2,1-2H3. The van der Waals surface area contributed by atoms with Crippen LogP contribution in [0, 0.1) is 11.8 Å². The molecule has 21 heavy (non-hydrogen) atoms. The number of thioether (sulfide) groups is 1. The zero-order valence-electron chi connectivity index (χ0n) is 12.6. The van der Waals surface area contributed by atoms with Crippen molar-refractivity contribution in [1.29, 1.82) is 0 Å². The first-order chi connectivity index (χ1) is 10.0. The third-order valence-electron chi connectivity index (χ3n) is 3.44. The van der Waals surface area contributed by atoms with E-state index in [4.69, 9.17) is 5.73 Å². The Morgan fingerprint density at radius 1 is 1.48 bits per heavy atom. The van der Waals surface area contributed by atoms with Gasteiger partial charge in [-0.15, -0.1) is 0 Å². The molecule has 0 saturated carbocycles. The van der Waals surface area contributed by atoms with E-state index in [-0.39, 0.29) is 10.7 Å². The number of hydrogen-bond acceptors (Lipinski definition) is 4. The third-order valence-corrected chi connectivity index (χ3v) is 4.82. The summed E-state index contributed by atoms with van der Waals surface area (Å²) in [5.74, 6) is 6.71. The van der Waals surface area contributed by atoms with Gasteiger partial charge in [0.25, 0.3) is 5.91 Å². The molecule has 2 rings (SSSR count). The van der Waals surface area contributed by atoms with Gasteiger partial charge in [0.15, 0.2) is 0 Å². The molecule has 0 aromatic carbocycles. The third kappa shape index (κ3) is 4.48. The van der Waals surface area contributed by atoms with Crippen molar-refractivity contribution in [2.24, 2.45) is 5.73 Å². The maximum atomic E-state index is 12.6. The minimum absolute atomic E-state index is 0.0391. The quantitative estimate of drug-likeness (QED) is 0.803. The van der Waals surface area contributed by atoms with Gasteiger partial charge < -0.3 is 10.6 Å². The number of carbonyl (C=O) groups excluding carboxylic acids is 1. The van der Waals surface area contributed by atoms with Crippen LogP contribution in [0.3, 0.4) is 0 Å². The number of nitrogens with zero attached hydrogens (tertiary/aromatic N) is 2. The smallest absolute Gasteiger partial charge is 0.255 e. The second-order valence-corrected chi connectivity index (χ2v) is 7.42. The Bertz CT molecular complexity index is 574. The Balaban J connectivity index is 2.12. The summed E-state index contributed by atoms with van der Waals surface area (Å²) >= 11 is 1.93. The monoisotopic (exact) mass is 303 g/mol. The molecule has 1 aromatic rings. The summed E-state index contributed by atoms with van der Waals surface area (Å²) in [5.41, 5.74) is 6.70. The van der Waals surface area contributed by atoms with Gasteiger partial charge in [0.2, 0.25) is 0 Å². The molecule has 2 N–H and O–H groups in total. The molecule has 1 aliphatic heterocycles. The van der Waals surface area contributed by atoms with Crippen molar-refractivity contribution in [2.75, 3.05) is 25.4 Å². The number of rotatable bonds is 1. The summed E-state index contributed by atoms with van der Waals surface area (Å²) in [6.45, 7) is 6.34. The van der Waals surface area contributed by atoms with Crippen molar-refractivity contribution in [2.45, 2.75) is 25.0 Å². The molecular weight excluding hydrogens is 282 g/mol. The van der Waals surface area contributed by atoms with Gasteiger partial charge in [-0.2, -0.15) is 11.8 Å². The maximum absolute atomic E-state index is 12.6. The van der Waals surface area contributed by atoms with Gasteiger partial charge >= 0.3 is 0 Å². The van der Waals surface area contributed by atoms with Crippen LogP contribution < -0.4 is 5.73 Å². The topological polar surface area (TPSA) is 59.2 Å². The van der Waals surface area contributed by atoms with Crippen molar-refractivity contribution in [3.63, 3.8) is 0 Å². The fourth-order valence-corrected chi connectivity index (χ4v) is 3.28. The van der Waals surface area contributed by atoms with Crippen LogP contribution in [-0.2, 0) is 0 Å². The van der Waals surface area contributed by atoms with Gasteiger partial charge in [0.05, 0.1) is 12.1 Å². The Labute approximate surface area is 130 Å². The zero-order chi connectivity index (χ0) is 15.3. The van der Waals surface area contributed by atoms with Crippen LogP contribution in [0.2, 0.25) is 0 Å². The number of pyridine rings is 1. The van der Waals surface area contributed by atoms with Crippen LogP contribution in [0.1, 0.15) is 36.2 Å². The molecule has 1 saturated heterocycles. The fourth-order valence-electron chi connectivity index (χ4n) is 2.18. The largest absolute Gasteiger partial charge is 0.338 e. The van der Waals surface area contributed by atoms with Crippen LogP contribution in [0.25, 0.3) is 0 Å². The number of amides is 1. The highest BCUT2D eigenvalue weighted by Gasteiger charge is 2.26. The summed E-state index contributed by atoms with van der Waals surface area (Å²) in [4.78, 5) is 18.6. The van der Waals surface area contributed by atoms with Gasteiger partial charge in [-0.1, -0.05) is 25.7 Å². The first kappa shape index (κ1) is 15.9. The van der Waals surface area contributed by atoms with E-state index in [1.54, 1.807) is 18.5 Å². The molecule has 1 aliphatic rings. The first-order valence-corrected chi connectivity index (χ1v) is 8.08. The molecule has 1 amide bonds. The SMILES string of the molecule is CC1(C)CCN(C(=O)c2cncc(C#CCN)c2)CCS1. The molecule has 0 radical (unpaired) electrons. The van der Waals surface area contributed by atoms with Crippen molar-refractivity contribution in [3.05, 3.63) is 29.6 Å². The number of nitrogens with two attached hydrogens (primary N) is 1.